The molecule has 0 spiro atoms. The molecule has 0 amide bonds. The predicted octanol–water partition coefficient (Wildman–Crippen LogP) is 4.27. The number of ketones is 1. The second kappa shape index (κ2) is 6.99. The SMILES string of the molecule is CC(=O)c1ccc(OC(=O)/C=C/c2cccc(Br)c2)cc1. The van der Waals surface area contributed by atoms with Gasteiger partial charge in [0.2, 0.25) is 0 Å². The van der Waals surface area contributed by atoms with Gasteiger partial charge in [0.25, 0.3) is 0 Å². The molecule has 21 heavy (non-hydrogen) atoms. The van der Waals surface area contributed by atoms with Gasteiger partial charge in [-0.15, -0.1) is 0 Å². The van der Waals surface area contributed by atoms with E-state index in [1.807, 2.05) is 24.3 Å². The molecule has 2 rings (SSSR count). The van der Waals surface area contributed by atoms with Crippen LogP contribution in [0.25, 0.3) is 6.08 Å². The van der Waals surface area contributed by atoms with Gasteiger partial charge in [0.1, 0.15) is 5.75 Å². The van der Waals surface area contributed by atoms with Crippen LogP contribution in [0.1, 0.15) is 22.8 Å². The molecule has 4 heteroatoms. The van der Waals surface area contributed by atoms with Gasteiger partial charge >= 0.3 is 5.97 Å². The number of carbonyl (C=O) groups excluding carboxylic acids is 2. The van der Waals surface area contributed by atoms with E-state index in [0.717, 1.165) is 10.0 Å². The fraction of sp³-hybridized carbons (Fsp3) is 0.0588. The van der Waals surface area contributed by atoms with Crippen LogP contribution in [0.4, 0.5) is 0 Å². The van der Waals surface area contributed by atoms with Gasteiger partial charge in [0.15, 0.2) is 5.78 Å². The molecule has 2 aromatic rings. The predicted molar refractivity (Wildman–Crippen MR) is 85.3 cm³/mol. The van der Waals surface area contributed by atoms with Gasteiger partial charge in [-0.25, -0.2) is 4.79 Å². The third-order valence-corrected chi connectivity index (χ3v) is 3.23. The van der Waals surface area contributed by atoms with E-state index >= 15 is 0 Å². The number of ether oxygens (including phenoxy) is 1. The summed E-state index contributed by atoms with van der Waals surface area (Å²) < 4.78 is 6.09. The molecule has 0 aliphatic rings. The van der Waals surface area contributed by atoms with Gasteiger partial charge in [-0.2, -0.15) is 0 Å². The molecular weight excluding hydrogens is 332 g/mol. The van der Waals surface area contributed by atoms with Gasteiger partial charge in [-0.1, -0.05) is 28.1 Å². The number of esters is 1. The van der Waals surface area contributed by atoms with Crippen molar-refractivity contribution in [2.75, 3.05) is 0 Å². The van der Waals surface area contributed by atoms with Crippen molar-refractivity contribution in [3.8, 4) is 5.75 Å². The van der Waals surface area contributed by atoms with Crippen molar-refractivity contribution in [2.45, 2.75) is 6.92 Å². The molecule has 0 bridgehead atoms. The third kappa shape index (κ3) is 4.68. The minimum Gasteiger partial charge on any atom is -0.423 e. The Morgan fingerprint density at radius 1 is 1.10 bits per heavy atom. The van der Waals surface area contributed by atoms with Crippen LogP contribution < -0.4 is 4.74 Å². The van der Waals surface area contributed by atoms with E-state index in [9.17, 15) is 9.59 Å². The van der Waals surface area contributed by atoms with Crippen molar-refractivity contribution >= 4 is 33.8 Å². The lowest BCUT2D eigenvalue weighted by Crippen LogP contribution is -2.03. The highest BCUT2D eigenvalue weighted by Crippen LogP contribution is 2.14. The summed E-state index contributed by atoms with van der Waals surface area (Å²) in [5, 5.41) is 0. The molecule has 0 heterocycles. The number of halogens is 1. The van der Waals surface area contributed by atoms with Crippen LogP contribution >= 0.6 is 15.9 Å². The van der Waals surface area contributed by atoms with Gasteiger partial charge in [-0.3, -0.25) is 4.79 Å². The molecule has 0 atom stereocenters. The van der Waals surface area contributed by atoms with Crippen LogP contribution in [-0.4, -0.2) is 11.8 Å². The fourth-order valence-corrected chi connectivity index (χ4v) is 2.10. The van der Waals surface area contributed by atoms with Crippen LogP contribution in [-0.2, 0) is 4.79 Å². The lowest BCUT2D eigenvalue weighted by Gasteiger charge is -2.02. The summed E-state index contributed by atoms with van der Waals surface area (Å²) in [6.07, 6.45) is 3.04. The molecule has 0 aliphatic heterocycles. The van der Waals surface area contributed by atoms with E-state index in [1.54, 1.807) is 30.3 Å². The first-order valence-electron chi connectivity index (χ1n) is 6.31. The van der Waals surface area contributed by atoms with Crippen LogP contribution in [0, 0.1) is 0 Å². The van der Waals surface area contributed by atoms with Gasteiger partial charge in [0.05, 0.1) is 0 Å². The maximum Gasteiger partial charge on any atom is 0.336 e. The molecule has 0 aromatic heterocycles. The minimum absolute atomic E-state index is 0.0255. The highest BCUT2D eigenvalue weighted by Gasteiger charge is 2.03. The largest absolute Gasteiger partial charge is 0.423 e. The average Bonchev–Trinajstić information content (AvgIpc) is 2.46. The van der Waals surface area contributed by atoms with Crippen molar-refractivity contribution < 1.29 is 14.3 Å². The monoisotopic (exact) mass is 344 g/mol. The standard InChI is InChI=1S/C17H13BrO3/c1-12(19)14-6-8-16(9-7-14)21-17(20)10-5-13-3-2-4-15(18)11-13/h2-11H,1H3/b10-5+. The summed E-state index contributed by atoms with van der Waals surface area (Å²) in [7, 11) is 0. The average molecular weight is 345 g/mol. The highest BCUT2D eigenvalue weighted by atomic mass is 79.9. The number of carbonyl (C=O) groups is 2. The highest BCUT2D eigenvalue weighted by molar-refractivity contribution is 9.10. The quantitative estimate of drug-likeness (QED) is 0.360. The summed E-state index contributed by atoms with van der Waals surface area (Å²) in [5.41, 5.74) is 1.48. The van der Waals surface area contributed by atoms with Gasteiger partial charge < -0.3 is 4.74 Å². The molecule has 0 fully saturated rings. The molecule has 3 nitrogen and oxygen atoms in total. The van der Waals surface area contributed by atoms with Crippen LogP contribution in [0.3, 0.4) is 0 Å². The van der Waals surface area contributed by atoms with Gasteiger partial charge in [0, 0.05) is 16.1 Å². The van der Waals surface area contributed by atoms with E-state index in [4.69, 9.17) is 4.74 Å². The van der Waals surface area contributed by atoms with E-state index < -0.39 is 5.97 Å². The lowest BCUT2D eigenvalue weighted by atomic mass is 10.1. The summed E-state index contributed by atoms with van der Waals surface area (Å²) in [6.45, 7) is 1.49. The van der Waals surface area contributed by atoms with Gasteiger partial charge in [-0.05, 0) is 55.0 Å². The lowest BCUT2D eigenvalue weighted by molar-refractivity contribution is -0.128. The second-order valence-corrected chi connectivity index (χ2v) is 5.31. The smallest absolute Gasteiger partial charge is 0.336 e. The Hall–Kier alpha value is -2.20. The van der Waals surface area contributed by atoms with E-state index in [0.29, 0.717) is 11.3 Å². The Kier molecular flexibility index (Phi) is 5.06. The molecule has 2 aromatic carbocycles. The Bertz CT molecular complexity index is 687. The van der Waals surface area contributed by atoms with Crippen molar-refractivity contribution in [2.24, 2.45) is 0 Å². The van der Waals surface area contributed by atoms with E-state index in [1.165, 1.54) is 13.0 Å². The molecule has 0 radical (unpaired) electrons. The molecule has 0 N–H and O–H groups in total. The third-order valence-electron chi connectivity index (χ3n) is 2.74. The Morgan fingerprint density at radius 2 is 1.81 bits per heavy atom. The van der Waals surface area contributed by atoms with Crippen LogP contribution in [0.15, 0.2) is 59.1 Å². The Morgan fingerprint density at radius 3 is 2.43 bits per heavy atom. The second-order valence-electron chi connectivity index (χ2n) is 4.39. The minimum atomic E-state index is -0.467. The fourth-order valence-electron chi connectivity index (χ4n) is 1.68. The van der Waals surface area contributed by atoms with Crippen molar-refractivity contribution in [3.63, 3.8) is 0 Å². The first kappa shape index (κ1) is 15.2. The van der Waals surface area contributed by atoms with Crippen molar-refractivity contribution in [1.82, 2.24) is 0 Å². The summed E-state index contributed by atoms with van der Waals surface area (Å²) in [4.78, 5) is 22.8. The molecule has 106 valence electrons. The number of hydrogen-bond acceptors (Lipinski definition) is 3. The molecule has 0 saturated heterocycles. The summed E-state index contributed by atoms with van der Waals surface area (Å²) >= 11 is 3.36. The molecule has 0 unspecified atom stereocenters. The first-order valence-corrected chi connectivity index (χ1v) is 7.10. The van der Waals surface area contributed by atoms with Crippen molar-refractivity contribution in [1.29, 1.82) is 0 Å². The van der Waals surface area contributed by atoms with Crippen LogP contribution in [0.2, 0.25) is 0 Å². The van der Waals surface area contributed by atoms with Crippen LogP contribution in [0.5, 0.6) is 5.75 Å². The zero-order valence-electron chi connectivity index (χ0n) is 11.4. The Labute approximate surface area is 131 Å². The Balaban J connectivity index is 1.99. The number of hydrogen-bond donors (Lipinski definition) is 0. The topological polar surface area (TPSA) is 43.4 Å². The number of benzene rings is 2. The molecule has 0 aliphatic carbocycles. The molecule has 0 saturated carbocycles. The number of Topliss-reactive ketones (excluding diaryl/α,β-unsaturated/α-hetero) is 1. The summed E-state index contributed by atoms with van der Waals surface area (Å²) in [5.74, 6) is -0.0862. The molecular formula is C17H13BrO3. The number of rotatable bonds is 4. The zero-order valence-corrected chi connectivity index (χ0v) is 13.0. The zero-order chi connectivity index (χ0) is 15.2. The van der Waals surface area contributed by atoms with E-state index in [-0.39, 0.29) is 5.78 Å². The maximum atomic E-state index is 11.7. The van der Waals surface area contributed by atoms with Crippen molar-refractivity contribution in [3.05, 3.63) is 70.2 Å². The van der Waals surface area contributed by atoms with E-state index in [2.05, 4.69) is 15.9 Å². The summed E-state index contributed by atoms with van der Waals surface area (Å²) in [6, 6.07) is 14.0. The first-order chi connectivity index (χ1) is 10.0. The maximum absolute atomic E-state index is 11.7. The normalized spacial score (nSPS) is 10.6.